The van der Waals surface area contributed by atoms with Crippen molar-refractivity contribution >= 4 is 0 Å². The molecule has 2 unspecified atom stereocenters. The third-order valence-electron chi connectivity index (χ3n) is 5.19. The van der Waals surface area contributed by atoms with Gasteiger partial charge in [0.05, 0.1) is 0 Å². The molecule has 1 aromatic carbocycles. The van der Waals surface area contributed by atoms with Crippen LogP contribution in [0.5, 0.6) is 0 Å². The fourth-order valence-corrected chi connectivity index (χ4v) is 3.14. The summed E-state index contributed by atoms with van der Waals surface area (Å²) in [4.78, 5) is 0. The summed E-state index contributed by atoms with van der Waals surface area (Å²) in [6.45, 7) is 5.99. The number of benzene rings is 1. The second-order valence-corrected chi connectivity index (χ2v) is 6.71. The average molecular weight is 257 g/mol. The normalized spacial score (nSPS) is 22.8. The number of hydrogen-bond donors (Lipinski definition) is 1. The van der Waals surface area contributed by atoms with Crippen molar-refractivity contribution in [2.75, 3.05) is 6.54 Å². The minimum absolute atomic E-state index is 0.669. The number of rotatable bonds is 6. The maximum absolute atomic E-state index is 3.68. The van der Waals surface area contributed by atoms with Crippen LogP contribution in [0, 0.1) is 5.92 Å². The van der Waals surface area contributed by atoms with Gasteiger partial charge < -0.3 is 5.32 Å². The lowest BCUT2D eigenvalue weighted by Crippen LogP contribution is -2.26. The Hall–Kier alpha value is -0.820. The summed E-state index contributed by atoms with van der Waals surface area (Å²) < 4.78 is 0. The molecule has 0 heterocycles. The van der Waals surface area contributed by atoms with Crippen molar-refractivity contribution in [2.24, 2.45) is 5.92 Å². The zero-order chi connectivity index (χ0) is 13.2. The lowest BCUT2D eigenvalue weighted by Gasteiger charge is -2.31. The summed E-state index contributed by atoms with van der Waals surface area (Å²) in [6.07, 6.45) is 7.00. The molecule has 0 amide bonds. The highest BCUT2D eigenvalue weighted by molar-refractivity contribution is 5.34. The van der Waals surface area contributed by atoms with Crippen molar-refractivity contribution in [2.45, 2.75) is 63.8 Å². The molecule has 2 atom stereocenters. The summed E-state index contributed by atoms with van der Waals surface area (Å²) in [5.41, 5.74) is 3.25. The first kappa shape index (κ1) is 13.2. The van der Waals surface area contributed by atoms with E-state index in [1.807, 2.05) is 0 Å². The molecule has 0 saturated heterocycles. The van der Waals surface area contributed by atoms with Crippen LogP contribution in [0.3, 0.4) is 0 Å². The van der Waals surface area contributed by atoms with Gasteiger partial charge in [-0.15, -0.1) is 0 Å². The monoisotopic (exact) mass is 257 g/mol. The molecule has 0 spiro atoms. The van der Waals surface area contributed by atoms with Gasteiger partial charge in [0.2, 0.25) is 0 Å². The second-order valence-electron chi connectivity index (χ2n) is 6.71. The van der Waals surface area contributed by atoms with Crippen molar-refractivity contribution < 1.29 is 0 Å². The van der Waals surface area contributed by atoms with Gasteiger partial charge in [0.1, 0.15) is 0 Å². The summed E-state index contributed by atoms with van der Waals surface area (Å²) >= 11 is 0. The molecule has 1 N–H and O–H groups in total. The van der Waals surface area contributed by atoms with E-state index in [1.54, 1.807) is 11.1 Å². The second kappa shape index (κ2) is 5.66. The van der Waals surface area contributed by atoms with Gasteiger partial charge in [-0.2, -0.15) is 0 Å². The Labute approximate surface area is 117 Å². The zero-order valence-electron chi connectivity index (χ0n) is 12.4. The minimum Gasteiger partial charge on any atom is -0.314 e. The van der Waals surface area contributed by atoms with Crippen molar-refractivity contribution in [3.05, 3.63) is 35.4 Å². The van der Waals surface area contributed by atoms with E-state index < -0.39 is 0 Å². The van der Waals surface area contributed by atoms with E-state index >= 15 is 0 Å². The smallest absolute Gasteiger partial charge is 0.00683 e. The average Bonchev–Trinajstić information content (AvgIpc) is 3.18. The van der Waals surface area contributed by atoms with E-state index in [2.05, 4.69) is 43.4 Å². The molecule has 2 aliphatic rings. The first-order valence-corrected chi connectivity index (χ1v) is 8.08. The quantitative estimate of drug-likeness (QED) is 0.794. The fraction of sp³-hybridized carbons (Fsp3) is 0.667. The van der Waals surface area contributed by atoms with Crippen molar-refractivity contribution in [3.8, 4) is 0 Å². The molecule has 2 fully saturated rings. The van der Waals surface area contributed by atoms with Gasteiger partial charge in [-0.05, 0) is 61.1 Å². The van der Waals surface area contributed by atoms with Gasteiger partial charge in [-0.3, -0.25) is 0 Å². The van der Waals surface area contributed by atoms with Crippen molar-refractivity contribution in [1.29, 1.82) is 0 Å². The van der Waals surface area contributed by atoms with Crippen LogP contribution >= 0.6 is 0 Å². The van der Waals surface area contributed by atoms with Gasteiger partial charge in [0.25, 0.3) is 0 Å². The van der Waals surface area contributed by atoms with Gasteiger partial charge >= 0.3 is 0 Å². The third kappa shape index (κ3) is 3.02. The largest absolute Gasteiger partial charge is 0.314 e. The Kier molecular flexibility index (Phi) is 3.93. The van der Waals surface area contributed by atoms with Crippen LogP contribution in [0.4, 0.5) is 0 Å². The lowest BCUT2D eigenvalue weighted by atomic mass is 9.74. The highest BCUT2D eigenvalue weighted by Crippen LogP contribution is 2.41. The van der Waals surface area contributed by atoms with Crippen LogP contribution in [0.1, 0.15) is 68.9 Å². The third-order valence-corrected chi connectivity index (χ3v) is 5.19. The van der Waals surface area contributed by atoms with E-state index in [0.717, 1.165) is 17.9 Å². The van der Waals surface area contributed by atoms with Gasteiger partial charge in [0, 0.05) is 6.04 Å². The van der Waals surface area contributed by atoms with Crippen LogP contribution in [-0.2, 0) is 0 Å². The summed E-state index contributed by atoms with van der Waals surface area (Å²) in [5.74, 6) is 2.24. The Morgan fingerprint density at radius 2 is 1.84 bits per heavy atom. The van der Waals surface area contributed by atoms with E-state index in [9.17, 15) is 0 Å². The molecule has 0 aromatic heterocycles. The van der Waals surface area contributed by atoms with Crippen LogP contribution < -0.4 is 5.32 Å². The molecule has 0 bridgehead atoms. The minimum atomic E-state index is 0.669. The predicted octanol–water partition coefficient (Wildman–Crippen LogP) is 4.45. The molecule has 1 aromatic rings. The number of hydrogen-bond acceptors (Lipinski definition) is 1. The van der Waals surface area contributed by atoms with Crippen molar-refractivity contribution in [3.63, 3.8) is 0 Å². The van der Waals surface area contributed by atoms with E-state index in [1.165, 1.54) is 38.6 Å². The van der Waals surface area contributed by atoms with Crippen molar-refractivity contribution in [1.82, 2.24) is 5.32 Å². The summed E-state index contributed by atoms with van der Waals surface area (Å²) in [5, 5.41) is 3.68. The molecule has 1 heteroatoms. The van der Waals surface area contributed by atoms with Crippen LogP contribution in [0.15, 0.2) is 24.3 Å². The summed E-state index contributed by atoms with van der Waals surface area (Å²) in [7, 11) is 0. The van der Waals surface area contributed by atoms with E-state index in [4.69, 9.17) is 0 Å². The summed E-state index contributed by atoms with van der Waals surface area (Å²) in [6, 6.07) is 10.0. The number of nitrogens with one attached hydrogen (secondary N) is 1. The predicted molar refractivity (Wildman–Crippen MR) is 81.6 cm³/mol. The van der Waals surface area contributed by atoms with E-state index in [0.29, 0.717) is 5.92 Å². The van der Waals surface area contributed by atoms with Crippen LogP contribution in [-0.4, -0.2) is 12.6 Å². The highest BCUT2D eigenvalue weighted by atomic mass is 14.9. The Balaban J connectivity index is 1.68. The molecule has 2 aliphatic carbocycles. The first-order chi connectivity index (χ1) is 9.25. The molecule has 0 radical (unpaired) electrons. The van der Waals surface area contributed by atoms with Gasteiger partial charge in [-0.1, -0.05) is 44.5 Å². The topological polar surface area (TPSA) is 12.0 Å². The maximum atomic E-state index is 3.68. The molecule has 1 nitrogen and oxygen atoms in total. The maximum Gasteiger partial charge on any atom is 0.00683 e. The molecular weight excluding hydrogens is 230 g/mol. The Morgan fingerprint density at radius 3 is 2.47 bits per heavy atom. The van der Waals surface area contributed by atoms with Gasteiger partial charge in [0.15, 0.2) is 0 Å². The first-order valence-electron chi connectivity index (χ1n) is 8.08. The molecule has 0 aliphatic heterocycles. The fourth-order valence-electron chi connectivity index (χ4n) is 3.14. The van der Waals surface area contributed by atoms with E-state index in [-0.39, 0.29) is 0 Å². The molecular formula is C18H27N. The molecule has 104 valence electrons. The van der Waals surface area contributed by atoms with Crippen LogP contribution in [0.25, 0.3) is 0 Å². The lowest BCUT2D eigenvalue weighted by molar-refractivity contribution is 0.403. The zero-order valence-corrected chi connectivity index (χ0v) is 12.4. The highest BCUT2D eigenvalue weighted by Gasteiger charge is 2.26. The Morgan fingerprint density at radius 1 is 1.11 bits per heavy atom. The molecule has 19 heavy (non-hydrogen) atoms. The molecule has 2 saturated carbocycles. The Bertz CT molecular complexity index is 417. The molecule has 3 rings (SSSR count). The standard InChI is InChI=1S/C18H27N/c1-13(12-19-16-10-11-16)14(2)17-8-3-4-9-18(17)15-6-5-7-15/h3-4,8-9,13-16,19H,5-7,10-12H2,1-2H3. The SMILES string of the molecule is CC(CNC1CC1)C(C)c1ccccc1C1CCC1. The van der Waals surface area contributed by atoms with Gasteiger partial charge in [-0.25, -0.2) is 0 Å². The van der Waals surface area contributed by atoms with Crippen LogP contribution in [0.2, 0.25) is 0 Å².